The maximum Gasteiger partial charge on any atom is 0.0855 e. The Kier molecular flexibility index (Phi) is 4.74. The van der Waals surface area contributed by atoms with Crippen LogP contribution < -0.4 is 0 Å². The fourth-order valence-electron chi connectivity index (χ4n) is 0.467. The second-order valence-electron chi connectivity index (χ2n) is 4.15. The van der Waals surface area contributed by atoms with E-state index in [0.29, 0.717) is 6.61 Å². The molecule has 0 bridgehead atoms. The van der Waals surface area contributed by atoms with Gasteiger partial charge < -0.3 is 9.47 Å². The van der Waals surface area contributed by atoms with Crippen molar-refractivity contribution in [1.29, 1.82) is 0 Å². The highest BCUT2D eigenvalue weighted by Gasteiger charge is 2.23. The molecule has 0 aliphatic carbocycles. The first-order valence-corrected chi connectivity index (χ1v) is 5.20. The summed E-state index contributed by atoms with van der Waals surface area (Å²) in [6.07, 6.45) is 0. The minimum absolute atomic E-state index is 0.115. The van der Waals surface area contributed by atoms with Crippen molar-refractivity contribution in [3.63, 3.8) is 0 Å². The third kappa shape index (κ3) is 5.12. The van der Waals surface area contributed by atoms with E-state index >= 15 is 0 Å². The van der Waals surface area contributed by atoms with E-state index in [4.69, 9.17) is 9.47 Å². The fraction of sp³-hybridized carbons (Fsp3) is 1.00. The summed E-state index contributed by atoms with van der Waals surface area (Å²) in [5.41, 5.74) is -0.310. The Balaban J connectivity index is 3.82. The Morgan fingerprint density at radius 1 is 1.08 bits per heavy atom. The van der Waals surface area contributed by atoms with Gasteiger partial charge in [0.05, 0.1) is 17.8 Å². The van der Waals surface area contributed by atoms with Crippen molar-refractivity contribution >= 4 is 15.9 Å². The first-order valence-electron chi connectivity index (χ1n) is 4.08. The highest BCUT2D eigenvalue weighted by atomic mass is 79.9. The summed E-state index contributed by atoms with van der Waals surface area (Å²) in [6.45, 7) is 8.73. The Morgan fingerprint density at radius 2 is 1.58 bits per heavy atom. The molecule has 0 atom stereocenters. The van der Waals surface area contributed by atoms with Gasteiger partial charge in [-0.3, -0.25) is 0 Å². The Bertz CT molecular complexity index is 116. The molecule has 0 saturated heterocycles. The second kappa shape index (κ2) is 4.58. The number of hydrogen-bond donors (Lipinski definition) is 0. The van der Waals surface area contributed by atoms with E-state index in [9.17, 15) is 0 Å². The molecule has 0 N–H and O–H groups in total. The van der Waals surface area contributed by atoms with Crippen molar-refractivity contribution in [3.05, 3.63) is 0 Å². The van der Waals surface area contributed by atoms with Crippen LogP contribution in [0.3, 0.4) is 0 Å². The molecule has 0 amide bonds. The number of rotatable bonds is 5. The third-order valence-corrected chi connectivity index (χ3v) is 3.04. The molecule has 0 radical (unpaired) electrons. The van der Waals surface area contributed by atoms with E-state index in [2.05, 4.69) is 15.9 Å². The van der Waals surface area contributed by atoms with Gasteiger partial charge in [0, 0.05) is 12.4 Å². The van der Waals surface area contributed by atoms with Gasteiger partial charge in [-0.15, -0.1) is 0 Å². The molecule has 0 aromatic heterocycles. The van der Waals surface area contributed by atoms with Gasteiger partial charge >= 0.3 is 0 Å². The highest BCUT2D eigenvalue weighted by Crippen LogP contribution is 2.16. The minimum atomic E-state index is -0.195. The van der Waals surface area contributed by atoms with Crippen molar-refractivity contribution in [1.82, 2.24) is 0 Å². The van der Waals surface area contributed by atoms with E-state index < -0.39 is 0 Å². The van der Waals surface area contributed by atoms with Crippen molar-refractivity contribution in [2.45, 2.75) is 38.9 Å². The molecule has 12 heavy (non-hydrogen) atoms. The van der Waals surface area contributed by atoms with Gasteiger partial charge in [-0.1, -0.05) is 15.9 Å². The molecule has 0 spiro atoms. The number of ether oxygens (including phenoxy) is 2. The van der Waals surface area contributed by atoms with E-state index in [1.165, 1.54) is 0 Å². The largest absolute Gasteiger partial charge is 0.376 e. The van der Waals surface area contributed by atoms with E-state index in [0.717, 1.165) is 5.33 Å². The molecular formula is C9H19BrO2. The molecule has 74 valence electrons. The van der Waals surface area contributed by atoms with Crippen LogP contribution in [0.1, 0.15) is 27.7 Å². The lowest BCUT2D eigenvalue weighted by Crippen LogP contribution is -2.36. The summed E-state index contributed by atoms with van der Waals surface area (Å²) in [5.74, 6) is 0. The molecule has 0 fully saturated rings. The number of alkyl halides is 1. The maximum absolute atomic E-state index is 5.66. The predicted molar refractivity (Wildman–Crippen MR) is 54.9 cm³/mol. The monoisotopic (exact) mass is 238 g/mol. The van der Waals surface area contributed by atoms with Crippen LogP contribution in [0.4, 0.5) is 0 Å². The first-order chi connectivity index (χ1) is 5.33. The number of methoxy groups -OCH3 is 1. The standard InChI is InChI=1S/C9H19BrO2/c1-8(2,6-10)12-7-9(3,4)11-5/h6-7H2,1-5H3. The summed E-state index contributed by atoms with van der Waals surface area (Å²) >= 11 is 3.39. The summed E-state index contributed by atoms with van der Waals surface area (Å²) in [4.78, 5) is 0. The quantitative estimate of drug-likeness (QED) is 0.686. The van der Waals surface area contributed by atoms with Crippen LogP contribution in [-0.2, 0) is 9.47 Å². The topological polar surface area (TPSA) is 18.5 Å². The van der Waals surface area contributed by atoms with Gasteiger partial charge in [0.15, 0.2) is 0 Å². The fourth-order valence-corrected chi connectivity index (χ4v) is 0.629. The maximum atomic E-state index is 5.66. The van der Waals surface area contributed by atoms with Crippen LogP contribution in [0.25, 0.3) is 0 Å². The van der Waals surface area contributed by atoms with Gasteiger partial charge in [-0.25, -0.2) is 0 Å². The van der Waals surface area contributed by atoms with Crippen LogP contribution >= 0.6 is 15.9 Å². The molecule has 3 heteroatoms. The normalized spacial score (nSPS) is 13.5. The van der Waals surface area contributed by atoms with E-state index in [-0.39, 0.29) is 11.2 Å². The summed E-state index contributed by atoms with van der Waals surface area (Å²) in [7, 11) is 1.70. The lowest BCUT2D eigenvalue weighted by atomic mass is 10.1. The van der Waals surface area contributed by atoms with Crippen molar-refractivity contribution in [2.24, 2.45) is 0 Å². The molecule has 0 aliphatic heterocycles. The first kappa shape index (κ1) is 12.4. The van der Waals surface area contributed by atoms with Crippen LogP contribution in [-0.4, -0.2) is 30.2 Å². The van der Waals surface area contributed by atoms with Gasteiger partial charge in [0.25, 0.3) is 0 Å². The van der Waals surface area contributed by atoms with Crippen molar-refractivity contribution < 1.29 is 9.47 Å². The molecule has 0 aromatic carbocycles. The molecule has 2 nitrogen and oxygen atoms in total. The Labute approximate surface area is 83.8 Å². The van der Waals surface area contributed by atoms with E-state index in [1.807, 2.05) is 27.7 Å². The predicted octanol–water partition coefficient (Wildman–Crippen LogP) is 2.60. The molecule has 0 aromatic rings. The van der Waals surface area contributed by atoms with Crippen LogP contribution in [0.15, 0.2) is 0 Å². The van der Waals surface area contributed by atoms with Crippen LogP contribution in [0, 0.1) is 0 Å². The van der Waals surface area contributed by atoms with Crippen LogP contribution in [0.2, 0.25) is 0 Å². The molecular weight excluding hydrogens is 220 g/mol. The summed E-state index contributed by atoms with van der Waals surface area (Å²) < 4.78 is 10.9. The van der Waals surface area contributed by atoms with Gasteiger partial charge in [-0.2, -0.15) is 0 Å². The zero-order valence-electron chi connectivity index (χ0n) is 8.61. The summed E-state index contributed by atoms with van der Waals surface area (Å²) in [6, 6.07) is 0. The lowest BCUT2D eigenvalue weighted by Gasteiger charge is -2.29. The molecule has 0 aliphatic rings. The van der Waals surface area contributed by atoms with Crippen LogP contribution in [0.5, 0.6) is 0 Å². The molecule has 0 unspecified atom stereocenters. The molecule has 0 saturated carbocycles. The zero-order valence-corrected chi connectivity index (χ0v) is 10.2. The molecule has 0 heterocycles. The van der Waals surface area contributed by atoms with Gasteiger partial charge in [0.2, 0.25) is 0 Å². The van der Waals surface area contributed by atoms with Gasteiger partial charge in [0.1, 0.15) is 0 Å². The number of hydrogen-bond acceptors (Lipinski definition) is 2. The minimum Gasteiger partial charge on any atom is -0.376 e. The van der Waals surface area contributed by atoms with Gasteiger partial charge in [-0.05, 0) is 27.7 Å². The number of halogens is 1. The summed E-state index contributed by atoms with van der Waals surface area (Å²) in [5, 5.41) is 0.833. The average Bonchev–Trinajstić information content (AvgIpc) is 2.02. The average molecular weight is 239 g/mol. The van der Waals surface area contributed by atoms with Crippen molar-refractivity contribution in [3.8, 4) is 0 Å². The SMILES string of the molecule is COC(C)(C)COC(C)(C)CBr. The highest BCUT2D eigenvalue weighted by molar-refractivity contribution is 9.09. The lowest BCUT2D eigenvalue weighted by molar-refractivity contribution is -0.0970. The smallest absolute Gasteiger partial charge is 0.0855 e. The Morgan fingerprint density at radius 3 is 1.92 bits per heavy atom. The zero-order chi connectivity index (χ0) is 9.83. The second-order valence-corrected chi connectivity index (χ2v) is 4.71. The Hall–Kier alpha value is 0.400. The van der Waals surface area contributed by atoms with E-state index in [1.54, 1.807) is 7.11 Å². The third-order valence-electron chi connectivity index (χ3n) is 1.68. The molecule has 0 rings (SSSR count). The van der Waals surface area contributed by atoms with Crippen molar-refractivity contribution in [2.75, 3.05) is 19.0 Å².